The van der Waals surface area contributed by atoms with Gasteiger partial charge in [0.25, 0.3) is 0 Å². The van der Waals surface area contributed by atoms with Crippen LogP contribution in [0.5, 0.6) is 0 Å². The summed E-state index contributed by atoms with van der Waals surface area (Å²) in [6, 6.07) is 2.07. The molecule has 0 radical (unpaired) electrons. The minimum atomic E-state index is -0.379. The van der Waals surface area contributed by atoms with Crippen LogP contribution in [-0.2, 0) is 17.8 Å². The van der Waals surface area contributed by atoms with Crippen LogP contribution in [0.15, 0.2) is 6.07 Å². The molecular weight excluding hydrogens is 198 g/mol. The maximum Gasteiger partial charge on any atom is 0.101 e. The van der Waals surface area contributed by atoms with Crippen LogP contribution in [0.1, 0.15) is 21.4 Å². The number of nitrogens with one attached hydrogen (secondary N) is 1. The van der Waals surface area contributed by atoms with E-state index in [1.54, 1.807) is 11.3 Å². The number of aliphatic hydroxyl groups is 1. The molecule has 0 aromatic carbocycles. The van der Waals surface area contributed by atoms with Gasteiger partial charge in [-0.3, -0.25) is 0 Å². The van der Waals surface area contributed by atoms with Gasteiger partial charge >= 0.3 is 0 Å². The van der Waals surface area contributed by atoms with E-state index in [9.17, 15) is 5.11 Å². The van der Waals surface area contributed by atoms with Crippen LogP contribution in [0.25, 0.3) is 0 Å². The van der Waals surface area contributed by atoms with E-state index in [-0.39, 0.29) is 6.10 Å². The van der Waals surface area contributed by atoms with E-state index in [1.807, 2.05) is 7.05 Å². The smallest absolute Gasteiger partial charge is 0.101 e. The van der Waals surface area contributed by atoms with Crippen molar-refractivity contribution >= 4 is 11.3 Å². The lowest BCUT2D eigenvalue weighted by molar-refractivity contribution is 0.112. The number of likely N-dealkylation sites (N-methyl/N-ethyl adjacent to an activating group) is 1. The quantitative estimate of drug-likeness (QED) is 0.789. The molecule has 0 saturated carbocycles. The Bertz CT molecular complexity index is 288. The first-order valence-electron chi connectivity index (χ1n) is 4.83. The van der Waals surface area contributed by atoms with E-state index in [1.165, 1.54) is 10.4 Å². The zero-order chi connectivity index (χ0) is 9.97. The van der Waals surface area contributed by atoms with Crippen molar-refractivity contribution in [2.75, 3.05) is 20.2 Å². The number of fused-ring (bicyclic) bond motifs is 1. The Morgan fingerprint density at radius 1 is 1.71 bits per heavy atom. The first-order chi connectivity index (χ1) is 6.81. The highest BCUT2D eigenvalue weighted by Crippen LogP contribution is 2.30. The number of hydrogen-bond acceptors (Lipinski definition) is 4. The molecule has 0 bridgehead atoms. The summed E-state index contributed by atoms with van der Waals surface area (Å²) in [6.07, 6.45) is 0.613. The number of rotatable bonds is 3. The maximum absolute atomic E-state index is 9.78. The molecule has 2 rings (SSSR count). The molecule has 1 unspecified atom stereocenters. The second-order valence-corrected chi connectivity index (χ2v) is 4.64. The summed E-state index contributed by atoms with van der Waals surface area (Å²) in [5.74, 6) is 0. The molecular formula is C10H15NO2S. The van der Waals surface area contributed by atoms with Crippen LogP contribution < -0.4 is 5.32 Å². The van der Waals surface area contributed by atoms with Crippen LogP contribution in [0.2, 0.25) is 0 Å². The molecule has 0 aliphatic carbocycles. The van der Waals surface area contributed by atoms with Gasteiger partial charge in [0.2, 0.25) is 0 Å². The average Bonchev–Trinajstić information content (AvgIpc) is 2.61. The third-order valence-corrected chi connectivity index (χ3v) is 3.71. The molecule has 1 aromatic heterocycles. The van der Waals surface area contributed by atoms with E-state index in [4.69, 9.17) is 4.74 Å². The monoisotopic (exact) mass is 213 g/mol. The maximum atomic E-state index is 9.78. The fourth-order valence-corrected chi connectivity index (χ4v) is 2.77. The number of thiophene rings is 1. The Morgan fingerprint density at radius 3 is 3.29 bits per heavy atom. The Balaban J connectivity index is 2.15. The third kappa shape index (κ3) is 1.98. The molecule has 2 heterocycles. The van der Waals surface area contributed by atoms with Crippen LogP contribution >= 0.6 is 11.3 Å². The molecule has 0 fully saturated rings. The van der Waals surface area contributed by atoms with E-state index < -0.39 is 0 Å². The Kier molecular flexibility index (Phi) is 3.18. The van der Waals surface area contributed by atoms with E-state index in [0.29, 0.717) is 13.2 Å². The van der Waals surface area contributed by atoms with Crippen molar-refractivity contribution < 1.29 is 9.84 Å². The first-order valence-corrected chi connectivity index (χ1v) is 5.65. The normalized spacial score (nSPS) is 17.9. The number of ether oxygens (including phenoxy) is 1. The highest BCUT2D eigenvalue weighted by Gasteiger charge is 2.17. The molecule has 1 atom stereocenters. The van der Waals surface area contributed by atoms with Crippen LogP contribution in [0.3, 0.4) is 0 Å². The van der Waals surface area contributed by atoms with Crippen molar-refractivity contribution in [3.8, 4) is 0 Å². The predicted molar refractivity (Wildman–Crippen MR) is 56.6 cm³/mol. The summed E-state index contributed by atoms with van der Waals surface area (Å²) in [5.41, 5.74) is 1.26. The summed E-state index contributed by atoms with van der Waals surface area (Å²) in [7, 11) is 1.85. The molecule has 1 aromatic rings. The molecule has 3 nitrogen and oxygen atoms in total. The Labute approximate surface area is 87.7 Å². The van der Waals surface area contributed by atoms with Crippen molar-refractivity contribution in [1.82, 2.24) is 5.32 Å². The lowest BCUT2D eigenvalue weighted by Crippen LogP contribution is -2.15. The average molecular weight is 213 g/mol. The highest BCUT2D eigenvalue weighted by atomic mass is 32.1. The SMILES string of the molecule is CNCC(O)c1cc2c(s1)CCOC2. The van der Waals surface area contributed by atoms with Crippen LogP contribution in [0, 0.1) is 0 Å². The van der Waals surface area contributed by atoms with E-state index in [2.05, 4.69) is 11.4 Å². The predicted octanol–water partition coefficient (Wildman–Crippen LogP) is 1.07. The number of aliphatic hydroxyl groups excluding tert-OH is 1. The Hall–Kier alpha value is -0.420. The molecule has 0 amide bonds. The zero-order valence-electron chi connectivity index (χ0n) is 8.25. The van der Waals surface area contributed by atoms with Crippen molar-refractivity contribution in [3.63, 3.8) is 0 Å². The van der Waals surface area contributed by atoms with Gasteiger partial charge in [0.15, 0.2) is 0 Å². The van der Waals surface area contributed by atoms with Gasteiger partial charge in [0.1, 0.15) is 6.10 Å². The minimum Gasteiger partial charge on any atom is -0.386 e. The summed E-state index contributed by atoms with van der Waals surface area (Å²) < 4.78 is 5.36. The van der Waals surface area contributed by atoms with Gasteiger partial charge in [-0.05, 0) is 18.7 Å². The topological polar surface area (TPSA) is 41.5 Å². The molecule has 0 saturated heterocycles. The summed E-state index contributed by atoms with van der Waals surface area (Å²) in [4.78, 5) is 2.43. The zero-order valence-corrected chi connectivity index (χ0v) is 9.06. The third-order valence-electron chi connectivity index (χ3n) is 2.37. The number of hydrogen-bond donors (Lipinski definition) is 2. The van der Waals surface area contributed by atoms with Gasteiger partial charge in [0, 0.05) is 22.7 Å². The van der Waals surface area contributed by atoms with E-state index in [0.717, 1.165) is 17.9 Å². The van der Waals surface area contributed by atoms with Gasteiger partial charge in [-0.1, -0.05) is 0 Å². The second-order valence-electron chi connectivity index (χ2n) is 3.47. The lowest BCUT2D eigenvalue weighted by Gasteiger charge is -2.10. The van der Waals surface area contributed by atoms with E-state index >= 15 is 0 Å². The van der Waals surface area contributed by atoms with Crippen molar-refractivity contribution in [3.05, 3.63) is 21.4 Å². The Morgan fingerprint density at radius 2 is 2.57 bits per heavy atom. The molecule has 2 N–H and O–H groups in total. The molecule has 4 heteroatoms. The van der Waals surface area contributed by atoms with Gasteiger partial charge in [-0.15, -0.1) is 11.3 Å². The molecule has 0 spiro atoms. The second kappa shape index (κ2) is 4.40. The summed E-state index contributed by atoms with van der Waals surface area (Å²) in [6.45, 7) is 2.13. The summed E-state index contributed by atoms with van der Waals surface area (Å²) in [5, 5.41) is 12.7. The fourth-order valence-electron chi connectivity index (χ4n) is 1.63. The summed E-state index contributed by atoms with van der Waals surface area (Å²) >= 11 is 1.71. The molecule has 1 aliphatic rings. The molecule has 1 aliphatic heterocycles. The van der Waals surface area contributed by atoms with Crippen LogP contribution in [-0.4, -0.2) is 25.3 Å². The standard InChI is InChI=1S/C10H15NO2S/c1-11-5-8(12)10-4-7-6-13-3-2-9(7)14-10/h4,8,11-12H,2-3,5-6H2,1H3. The molecule has 78 valence electrons. The first kappa shape index (κ1) is 10.1. The minimum absolute atomic E-state index is 0.379. The van der Waals surface area contributed by atoms with Gasteiger partial charge in [0.05, 0.1) is 13.2 Å². The fraction of sp³-hybridized carbons (Fsp3) is 0.600. The van der Waals surface area contributed by atoms with Crippen LogP contribution in [0.4, 0.5) is 0 Å². The molecule has 14 heavy (non-hydrogen) atoms. The van der Waals surface area contributed by atoms with Gasteiger partial charge in [-0.25, -0.2) is 0 Å². The van der Waals surface area contributed by atoms with Crippen molar-refractivity contribution in [2.24, 2.45) is 0 Å². The lowest BCUT2D eigenvalue weighted by atomic mass is 10.1. The van der Waals surface area contributed by atoms with Gasteiger partial charge < -0.3 is 15.2 Å². The largest absolute Gasteiger partial charge is 0.386 e. The van der Waals surface area contributed by atoms with Crippen molar-refractivity contribution in [1.29, 1.82) is 0 Å². The van der Waals surface area contributed by atoms with Crippen molar-refractivity contribution in [2.45, 2.75) is 19.1 Å². The highest BCUT2D eigenvalue weighted by molar-refractivity contribution is 7.12. The van der Waals surface area contributed by atoms with Gasteiger partial charge in [-0.2, -0.15) is 0 Å².